The Morgan fingerprint density at radius 1 is 1.13 bits per heavy atom. The maximum absolute atomic E-state index is 13.2. The fraction of sp³-hybridized carbons (Fsp3) is 0.286. The maximum atomic E-state index is 13.2. The van der Waals surface area contributed by atoms with E-state index in [1.54, 1.807) is 32.6 Å². The van der Waals surface area contributed by atoms with Crippen LogP contribution >= 0.6 is 47.8 Å². The van der Waals surface area contributed by atoms with Crippen molar-refractivity contribution in [3.63, 3.8) is 0 Å². The zero-order valence-corrected chi connectivity index (χ0v) is 21.5. The number of hydrogen-bond donors (Lipinski definition) is 0. The number of hydrogen-bond acceptors (Lipinski definition) is 5. The van der Waals surface area contributed by atoms with Gasteiger partial charge < -0.3 is 9.47 Å². The van der Waals surface area contributed by atoms with E-state index in [1.165, 1.54) is 4.68 Å². The highest BCUT2D eigenvalue weighted by Gasteiger charge is 2.16. The van der Waals surface area contributed by atoms with E-state index < -0.39 is 0 Å². The zero-order chi connectivity index (χ0) is 21.8. The first kappa shape index (κ1) is 23.0. The van der Waals surface area contributed by atoms with Crippen molar-refractivity contribution in [3.8, 4) is 11.5 Å². The minimum absolute atomic E-state index is 0.209. The summed E-state index contributed by atoms with van der Waals surface area (Å²) >= 11 is 10.5. The molecule has 3 aromatic rings. The number of rotatable bonds is 7. The van der Waals surface area contributed by atoms with Crippen molar-refractivity contribution < 1.29 is 9.47 Å². The highest BCUT2D eigenvalue weighted by atomic mass is 79.9. The molecule has 2 aromatic carbocycles. The summed E-state index contributed by atoms with van der Waals surface area (Å²) in [5, 5.41) is 5.00. The molecule has 30 heavy (non-hydrogen) atoms. The number of fused-ring (bicyclic) bond motifs is 1. The second kappa shape index (κ2) is 10.1. The highest BCUT2D eigenvalue weighted by molar-refractivity contribution is 9.13. The SMILES string of the molecule is CCCCc1nc2ccc(Br)cc2c(=O)n1N=Cc1cc(OC)c(OC)c(Br)c1Br. The lowest BCUT2D eigenvalue weighted by molar-refractivity contribution is 0.353. The van der Waals surface area contributed by atoms with Gasteiger partial charge in [-0.1, -0.05) is 29.3 Å². The van der Waals surface area contributed by atoms with Crippen LogP contribution in [0.1, 0.15) is 31.2 Å². The monoisotopic (exact) mass is 599 g/mol. The second-order valence-electron chi connectivity index (χ2n) is 6.48. The largest absolute Gasteiger partial charge is 0.493 e. The van der Waals surface area contributed by atoms with Crippen LogP contribution in [0, 0.1) is 0 Å². The van der Waals surface area contributed by atoms with Crippen molar-refractivity contribution in [2.45, 2.75) is 26.2 Å². The molecule has 0 unspecified atom stereocenters. The van der Waals surface area contributed by atoms with Gasteiger partial charge >= 0.3 is 0 Å². The Labute approximate surface area is 199 Å². The minimum atomic E-state index is -0.209. The van der Waals surface area contributed by atoms with Crippen LogP contribution in [-0.4, -0.2) is 30.1 Å². The van der Waals surface area contributed by atoms with Crippen LogP contribution in [0.2, 0.25) is 0 Å². The van der Waals surface area contributed by atoms with Gasteiger partial charge in [0.1, 0.15) is 5.82 Å². The number of aryl methyl sites for hydroxylation is 1. The quantitative estimate of drug-likeness (QED) is 0.315. The predicted octanol–water partition coefficient (Wildman–Crippen LogP) is 5.93. The summed E-state index contributed by atoms with van der Waals surface area (Å²) in [6, 6.07) is 7.28. The van der Waals surface area contributed by atoms with Gasteiger partial charge in [0.2, 0.25) is 0 Å². The number of unbranched alkanes of at least 4 members (excludes halogenated alkanes) is 1. The van der Waals surface area contributed by atoms with Crippen LogP contribution in [0.3, 0.4) is 0 Å². The van der Waals surface area contributed by atoms with Crippen LogP contribution in [0.25, 0.3) is 10.9 Å². The third kappa shape index (κ3) is 4.63. The van der Waals surface area contributed by atoms with Crippen molar-refractivity contribution in [2.75, 3.05) is 14.2 Å². The van der Waals surface area contributed by atoms with E-state index in [2.05, 4.69) is 59.8 Å². The first-order chi connectivity index (χ1) is 14.4. The van der Waals surface area contributed by atoms with E-state index in [0.717, 1.165) is 27.4 Å². The molecule has 0 bridgehead atoms. The molecule has 158 valence electrons. The van der Waals surface area contributed by atoms with Crippen molar-refractivity contribution >= 4 is 64.9 Å². The number of benzene rings is 2. The summed E-state index contributed by atoms with van der Waals surface area (Å²) in [6.45, 7) is 2.10. The van der Waals surface area contributed by atoms with Crippen molar-refractivity contribution in [3.05, 3.63) is 59.4 Å². The summed E-state index contributed by atoms with van der Waals surface area (Å²) in [4.78, 5) is 17.9. The normalized spacial score (nSPS) is 11.4. The molecule has 0 saturated heterocycles. The number of nitrogens with zero attached hydrogens (tertiary/aromatic N) is 3. The van der Waals surface area contributed by atoms with Gasteiger partial charge in [0, 0.05) is 20.9 Å². The van der Waals surface area contributed by atoms with E-state index in [4.69, 9.17) is 14.5 Å². The molecular formula is C21H20Br3N3O3. The molecule has 0 N–H and O–H groups in total. The molecule has 1 heterocycles. The first-order valence-corrected chi connectivity index (χ1v) is 11.6. The molecule has 0 saturated carbocycles. The van der Waals surface area contributed by atoms with Gasteiger partial charge in [-0.3, -0.25) is 4.79 Å². The lowest BCUT2D eigenvalue weighted by Gasteiger charge is -2.13. The Morgan fingerprint density at radius 2 is 1.90 bits per heavy atom. The predicted molar refractivity (Wildman–Crippen MR) is 130 cm³/mol. The average Bonchev–Trinajstić information content (AvgIpc) is 2.74. The van der Waals surface area contributed by atoms with Crippen LogP contribution in [-0.2, 0) is 6.42 Å². The van der Waals surface area contributed by atoms with E-state index in [-0.39, 0.29) is 5.56 Å². The smallest absolute Gasteiger partial charge is 0.282 e. The number of methoxy groups -OCH3 is 2. The molecule has 6 nitrogen and oxygen atoms in total. The molecular weight excluding hydrogens is 582 g/mol. The third-order valence-corrected chi connectivity index (χ3v) is 7.16. The molecule has 0 radical (unpaired) electrons. The Kier molecular flexibility index (Phi) is 7.70. The average molecular weight is 602 g/mol. The third-order valence-electron chi connectivity index (χ3n) is 4.52. The van der Waals surface area contributed by atoms with E-state index >= 15 is 0 Å². The maximum Gasteiger partial charge on any atom is 0.282 e. The number of halogens is 3. The van der Waals surface area contributed by atoms with E-state index in [0.29, 0.717) is 39.1 Å². The Morgan fingerprint density at radius 3 is 2.57 bits per heavy atom. The van der Waals surface area contributed by atoms with Gasteiger partial charge in [-0.2, -0.15) is 9.78 Å². The van der Waals surface area contributed by atoms with E-state index in [1.807, 2.05) is 12.1 Å². The molecule has 0 aliphatic rings. The molecule has 3 rings (SSSR count). The van der Waals surface area contributed by atoms with Crippen molar-refractivity contribution in [1.29, 1.82) is 0 Å². The molecule has 9 heteroatoms. The summed E-state index contributed by atoms with van der Waals surface area (Å²) in [5.41, 5.74) is 1.18. The molecule has 0 aliphatic carbocycles. The van der Waals surface area contributed by atoms with Crippen LogP contribution in [0.4, 0.5) is 0 Å². The fourth-order valence-corrected chi connectivity index (χ4v) is 4.32. The summed E-state index contributed by atoms with van der Waals surface area (Å²) in [6.07, 6.45) is 4.17. The fourth-order valence-electron chi connectivity index (χ4n) is 2.97. The topological polar surface area (TPSA) is 65.7 Å². The highest BCUT2D eigenvalue weighted by Crippen LogP contribution is 2.41. The van der Waals surface area contributed by atoms with Crippen LogP contribution in [0.5, 0.6) is 11.5 Å². The van der Waals surface area contributed by atoms with Gasteiger partial charge in [-0.15, -0.1) is 0 Å². The lowest BCUT2D eigenvalue weighted by Crippen LogP contribution is -2.22. The molecule has 1 aromatic heterocycles. The molecule has 0 amide bonds. The Balaban J connectivity index is 2.17. The summed E-state index contributed by atoms with van der Waals surface area (Å²) in [7, 11) is 3.14. The van der Waals surface area contributed by atoms with E-state index in [9.17, 15) is 4.79 Å². The minimum Gasteiger partial charge on any atom is -0.493 e. The first-order valence-electron chi connectivity index (χ1n) is 9.26. The molecule has 0 fully saturated rings. The zero-order valence-electron chi connectivity index (χ0n) is 16.7. The van der Waals surface area contributed by atoms with Crippen molar-refractivity contribution in [2.24, 2.45) is 5.10 Å². The van der Waals surface area contributed by atoms with Crippen molar-refractivity contribution in [1.82, 2.24) is 9.66 Å². The molecule has 0 atom stereocenters. The summed E-state index contributed by atoms with van der Waals surface area (Å²) in [5.74, 6) is 1.75. The Bertz CT molecular complexity index is 1180. The molecule has 0 spiro atoms. The number of aromatic nitrogens is 2. The van der Waals surface area contributed by atoms with Gasteiger partial charge in [0.15, 0.2) is 11.5 Å². The van der Waals surface area contributed by atoms with Crippen LogP contribution < -0.4 is 15.0 Å². The Hall–Kier alpha value is -1.71. The summed E-state index contributed by atoms with van der Waals surface area (Å²) < 4.78 is 14.4. The lowest BCUT2D eigenvalue weighted by atomic mass is 10.2. The number of ether oxygens (including phenoxy) is 2. The van der Waals surface area contributed by atoms with Gasteiger partial charge in [0.25, 0.3) is 5.56 Å². The standard InChI is InChI=1S/C21H20Br3N3O3/c1-4-5-6-17-26-15-8-7-13(22)10-14(15)21(28)27(17)25-11-12-9-16(29-2)20(30-3)19(24)18(12)23/h7-11H,4-6H2,1-3H3. The second-order valence-corrected chi connectivity index (χ2v) is 8.99. The van der Waals surface area contributed by atoms with Gasteiger partial charge in [0.05, 0.1) is 35.8 Å². The molecule has 0 aliphatic heterocycles. The van der Waals surface area contributed by atoms with Gasteiger partial charge in [-0.05, 0) is 62.5 Å². The van der Waals surface area contributed by atoms with Crippen LogP contribution in [0.15, 0.2) is 47.6 Å². The van der Waals surface area contributed by atoms with Gasteiger partial charge in [-0.25, -0.2) is 4.98 Å².